The highest BCUT2D eigenvalue weighted by Crippen LogP contribution is 2.14. The summed E-state index contributed by atoms with van der Waals surface area (Å²) in [4.78, 5) is 0. The number of ether oxygens (including phenoxy) is 2. The predicted octanol–water partition coefficient (Wildman–Crippen LogP) is 3.21. The van der Waals surface area contributed by atoms with Crippen LogP contribution in [0, 0.1) is 13.8 Å². The molecule has 0 saturated carbocycles. The Morgan fingerprint density at radius 3 is 2.33 bits per heavy atom. The average Bonchev–Trinajstić information content (AvgIpc) is 2.89. The summed E-state index contributed by atoms with van der Waals surface area (Å²) in [6.45, 7) is 5.80. The maximum absolute atomic E-state index is 5.36. The van der Waals surface area contributed by atoms with Gasteiger partial charge in [-0.15, -0.1) is 0 Å². The number of para-hydroxylation sites is 2. The summed E-state index contributed by atoms with van der Waals surface area (Å²) < 4.78 is 15.2. The number of hydrogen-bond donors (Lipinski definition) is 0. The number of benzene rings is 2. The van der Waals surface area contributed by atoms with Crippen LogP contribution in [-0.2, 0) is 22.6 Å². The van der Waals surface area contributed by atoms with E-state index in [4.69, 9.17) is 9.47 Å². The summed E-state index contributed by atoms with van der Waals surface area (Å²) in [5.41, 5.74) is 6.31. The Kier molecular flexibility index (Phi) is 4.97. The van der Waals surface area contributed by atoms with E-state index in [1.807, 2.05) is 0 Å². The minimum atomic E-state index is -0.254. The fourth-order valence-electron chi connectivity index (χ4n) is 3.28. The molecular formula is C20H25N2O2+. The third-order valence-electron chi connectivity index (χ3n) is 4.29. The van der Waals surface area contributed by atoms with Gasteiger partial charge in [0.15, 0.2) is 17.3 Å². The second-order valence-corrected chi connectivity index (χ2v) is 6.28. The van der Waals surface area contributed by atoms with Gasteiger partial charge in [-0.1, -0.05) is 41.5 Å². The zero-order valence-corrected chi connectivity index (χ0v) is 14.8. The Bertz CT molecular complexity index is 815. The SMILES string of the molecule is COC(Cn1c[n+](Cc2cc(C)cc(C)c2)c2ccccc21)OC. The van der Waals surface area contributed by atoms with Gasteiger partial charge < -0.3 is 9.47 Å². The van der Waals surface area contributed by atoms with Crippen LogP contribution in [0.4, 0.5) is 0 Å². The fourth-order valence-corrected chi connectivity index (χ4v) is 3.28. The smallest absolute Gasteiger partial charge is 0.245 e. The monoisotopic (exact) mass is 325 g/mol. The van der Waals surface area contributed by atoms with Crippen LogP contribution in [0.2, 0.25) is 0 Å². The minimum Gasteiger partial charge on any atom is -0.352 e. The van der Waals surface area contributed by atoms with Gasteiger partial charge in [-0.3, -0.25) is 0 Å². The molecule has 0 radical (unpaired) electrons. The van der Waals surface area contributed by atoms with E-state index in [2.05, 4.69) is 71.8 Å². The molecule has 3 aromatic rings. The van der Waals surface area contributed by atoms with Crippen LogP contribution in [0.3, 0.4) is 0 Å². The molecule has 0 aliphatic heterocycles. The van der Waals surface area contributed by atoms with Crippen molar-refractivity contribution in [3.8, 4) is 0 Å². The molecule has 0 aliphatic rings. The van der Waals surface area contributed by atoms with Crippen molar-refractivity contribution in [1.29, 1.82) is 0 Å². The van der Waals surface area contributed by atoms with E-state index in [-0.39, 0.29) is 6.29 Å². The normalized spacial score (nSPS) is 11.5. The molecule has 1 heterocycles. The van der Waals surface area contributed by atoms with E-state index < -0.39 is 0 Å². The van der Waals surface area contributed by atoms with Crippen molar-refractivity contribution < 1.29 is 14.0 Å². The van der Waals surface area contributed by atoms with Crippen molar-refractivity contribution >= 4 is 11.0 Å². The van der Waals surface area contributed by atoms with E-state index >= 15 is 0 Å². The molecule has 0 saturated heterocycles. The molecule has 0 bridgehead atoms. The Morgan fingerprint density at radius 1 is 1.00 bits per heavy atom. The zero-order valence-electron chi connectivity index (χ0n) is 14.8. The summed E-state index contributed by atoms with van der Waals surface area (Å²) in [7, 11) is 3.34. The molecule has 0 aliphatic carbocycles. The maximum atomic E-state index is 5.36. The number of hydrogen-bond acceptors (Lipinski definition) is 2. The average molecular weight is 325 g/mol. The molecule has 126 valence electrons. The number of methoxy groups -OCH3 is 2. The lowest BCUT2D eigenvalue weighted by Gasteiger charge is -2.10. The molecule has 0 spiro atoms. The second kappa shape index (κ2) is 7.16. The van der Waals surface area contributed by atoms with Crippen LogP contribution in [0.1, 0.15) is 16.7 Å². The third kappa shape index (κ3) is 3.50. The van der Waals surface area contributed by atoms with E-state index in [1.165, 1.54) is 27.7 Å². The first kappa shape index (κ1) is 16.7. The number of nitrogens with zero attached hydrogens (tertiary/aromatic N) is 2. The van der Waals surface area contributed by atoms with Gasteiger partial charge in [0.2, 0.25) is 6.33 Å². The lowest BCUT2D eigenvalue weighted by Crippen LogP contribution is -2.33. The molecule has 2 aromatic carbocycles. The largest absolute Gasteiger partial charge is 0.352 e. The van der Waals surface area contributed by atoms with Crippen molar-refractivity contribution in [2.45, 2.75) is 33.2 Å². The maximum Gasteiger partial charge on any atom is 0.245 e. The van der Waals surface area contributed by atoms with Crippen molar-refractivity contribution in [3.63, 3.8) is 0 Å². The van der Waals surface area contributed by atoms with Gasteiger partial charge >= 0.3 is 0 Å². The highest BCUT2D eigenvalue weighted by atomic mass is 16.7. The van der Waals surface area contributed by atoms with Gasteiger partial charge in [-0.05, 0) is 31.5 Å². The first-order valence-electron chi connectivity index (χ1n) is 8.21. The first-order valence-corrected chi connectivity index (χ1v) is 8.21. The van der Waals surface area contributed by atoms with Crippen molar-refractivity contribution in [3.05, 3.63) is 65.5 Å². The van der Waals surface area contributed by atoms with Crippen molar-refractivity contribution in [1.82, 2.24) is 4.57 Å². The number of imidazole rings is 1. The first-order chi connectivity index (χ1) is 11.6. The Balaban J connectivity index is 1.98. The van der Waals surface area contributed by atoms with Gasteiger partial charge in [-0.25, -0.2) is 9.13 Å². The van der Waals surface area contributed by atoms with Crippen LogP contribution in [0.15, 0.2) is 48.8 Å². The molecule has 24 heavy (non-hydrogen) atoms. The van der Waals surface area contributed by atoms with E-state index in [1.54, 1.807) is 14.2 Å². The number of aromatic nitrogens is 2. The molecule has 0 unspecified atom stereocenters. The minimum absolute atomic E-state index is 0.254. The molecule has 3 rings (SSSR count). The topological polar surface area (TPSA) is 27.3 Å². The lowest BCUT2D eigenvalue weighted by molar-refractivity contribution is -0.663. The predicted molar refractivity (Wildman–Crippen MR) is 95.0 cm³/mol. The lowest BCUT2D eigenvalue weighted by atomic mass is 10.1. The molecule has 0 N–H and O–H groups in total. The molecule has 0 amide bonds. The van der Waals surface area contributed by atoms with Crippen LogP contribution in [0.25, 0.3) is 11.0 Å². The van der Waals surface area contributed by atoms with Gasteiger partial charge in [0.25, 0.3) is 0 Å². The van der Waals surface area contributed by atoms with Gasteiger partial charge in [0.05, 0.1) is 0 Å². The molecule has 0 atom stereocenters. The third-order valence-corrected chi connectivity index (χ3v) is 4.29. The fraction of sp³-hybridized carbons (Fsp3) is 0.350. The Hall–Kier alpha value is -2.17. The summed E-state index contributed by atoms with van der Waals surface area (Å²) in [5.74, 6) is 0. The highest BCUT2D eigenvalue weighted by Gasteiger charge is 2.19. The summed E-state index contributed by atoms with van der Waals surface area (Å²) in [5, 5.41) is 0. The van der Waals surface area contributed by atoms with Crippen molar-refractivity contribution in [2.24, 2.45) is 0 Å². The van der Waals surface area contributed by atoms with Gasteiger partial charge in [0, 0.05) is 14.2 Å². The Labute approximate surface area is 143 Å². The number of fused-ring (bicyclic) bond motifs is 1. The summed E-state index contributed by atoms with van der Waals surface area (Å²) in [6.07, 6.45) is 1.89. The molecule has 4 heteroatoms. The number of rotatable bonds is 6. The summed E-state index contributed by atoms with van der Waals surface area (Å²) in [6, 6.07) is 15.1. The molecule has 0 fully saturated rings. The van der Waals surface area contributed by atoms with Crippen LogP contribution in [-0.4, -0.2) is 25.1 Å². The second-order valence-electron chi connectivity index (χ2n) is 6.28. The van der Waals surface area contributed by atoms with Gasteiger partial charge in [0.1, 0.15) is 13.1 Å². The van der Waals surface area contributed by atoms with E-state index in [0.717, 1.165) is 6.54 Å². The molecular weight excluding hydrogens is 300 g/mol. The Morgan fingerprint density at radius 2 is 1.67 bits per heavy atom. The molecule has 4 nitrogen and oxygen atoms in total. The van der Waals surface area contributed by atoms with Crippen LogP contribution < -0.4 is 4.57 Å². The number of aryl methyl sites for hydroxylation is 2. The van der Waals surface area contributed by atoms with E-state index in [0.29, 0.717) is 6.54 Å². The van der Waals surface area contributed by atoms with E-state index in [9.17, 15) is 0 Å². The van der Waals surface area contributed by atoms with Crippen LogP contribution in [0.5, 0.6) is 0 Å². The quantitative estimate of drug-likeness (QED) is 0.514. The van der Waals surface area contributed by atoms with Crippen LogP contribution >= 0.6 is 0 Å². The summed E-state index contributed by atoms with van der Waals surface area (Å²) >= 11 is 0. The zero-order chi connectivity index (χ0) is 17.1. The molecule has 1 aromatic heterocycles. The van der Waals surface area contributed by atoms with Gasteiger partial charge in [-0.2, -0.15) is 0 Å². The van der Waals surface area contributed by atoms with Crippen molar-refractivity contribution in [2.75, 3.05) is 14.2 Å². The highest BCUT2D eigenvalue weighted by molar-refractivity contribution is 5.71. The standard InChI is InChI=1S/C20H25N2O2/c1-15-9-16(2)11-17(10-15)12-21-14-22(13-20(23-3)24-4)19-8-6-5-7-18(19)21/h5-11,14,20H,12-13H2,1-4H3/q+1.